The molecule has 1 heterocycles. The number of benzene rings is 2. The van der Waals surface area contributed by atoms with Crippen molar-refractivity contribution in [2.45, 2.75) is 68.9 Å². The zero-order valence-corrected chi connectivity index (χ0v) is 24.6. The molecular formula is C32H44F3N3O4. The van der Waals surface area contributed by atoms with Gasteiger partial charge in [0.1, 0.15) is 5.75 Å². The first-order valence-electron chi connectivity index (χ1n) is 15.0. The molecule has 7 nitrogen and oxygen atoms in total. The van der Waals surface area contributed by atoms with Crippen LogP contribution in [0.25, 0.3) is 0 Å². The number of carbonyl (C=O) groups is 1. The van der Waals surface area contributed by atoms with Crippen molar-refractivity contribution in [3.63, 3.8) is 0 Å². The monoisotopic (exact) mass is 591 g/mol. The van der Waals surface area contributed by atoms with Crippen LogP contribution in [0, 0.1) is 17.7 Å². The summed E-state index contributed by atoms with van der Waals surface area (Å²) in [6, 6.07) is 12.9. The number of para-hydroxylation sites is 2. The van der Waals surface area contributed by atoms with E-state index in [1.165, 1.54) is 6.07 Å². The predicted molar refractivity (Wildman–Crippen MR) is 155 cm³/mol. The number of halogens is 3. The number of amides is 2. The summed E-state index contributed by atoms with van der Waals surface area (Å²) in [5.74, 6) is -3.25. The lowest BCUT2D eigenvalue weighted by Crippen LogP contribution is -2.54. The van der Waals surface area contributed by atoms with E-state index in [1.54, 1.807) is 55.5 Å². The van der Waals surface area contributed by atoms with Crippen molar-refractivity contribution in [1.29, 1.82) is 0 Å². The molecule has 1 aliphatic carbocycles. The van der Waals surface area contributed by atoms with Gasteiger partial charge in [-0.15, -0.1) is 0 Å². The molecule has 2 aliphatic rings. The van der Waals surface area contributed by atoms with Gasteiger partial charge in [-0.25, -0.2) is 18.0 Å². The number of likely N-dealkylation sites (tertiary alicyclic amines) is 1. The summed E-state index contributed by atoms with van der Waals surface area (Å²) in [4.78, 5) is 15.1. The minimum Gasteiger partial charge on any atom is -0.454 e. The summed E-state index contributed by atoms with van der Waals surface area (Å²) in [5.41, 5.74) is -1.11. The van der Waals surface area contributed by atoms with E-state index in [0.29, 0.717) is 69.5 Å². The van der Waals surface area contributed by atoms with Gasteiger partial charge >= 0.3 is 6.03 Å². The highest BCUT2D eigenvalue weighted by Gasteiger charge is 2.46. The number of nitrogens with zero attached hydrogens (tertiary/aromatic N) is 1. The minimum absolute atomic E-state index is 0.0223. The lowest BCUT2D eigenvalue weighted by molar-refractivity contribution is -0.113. The fraction of sp³-hybridized carbons (Fsp3) is 0.594. The summed E-state index contributed by atoms with van der Waals surface area (Å²) in [7, 11) is 3.39. The topological polar surface area (TPSA) is 83.1 Å². The van der Waals surface area contributed by atoms with Crippen molar-refractivity contribution in [3.8, 4) is 11.5 Å². The molecule has 0 unspecified atom stereocenters. The molecule has 0 bridgehead atoms. The summed E-state index contributed by atoms with van der Waals surface area (Å²) in [6.45, 7) is 1.78. The van der Waals surface area contributed by atoms with E-state index in [4.69, 9.17) is 9.47 Å². The Morgan fingerprint density at radius 1 is 1.17 bits per heavy atom. The molecule has 2 amide bonds. The second kappa shape index (κ2) is 14.6. The van der Waals surface area contributed by atoms with Gasteiger partial charge in [0.05, 0.1) is 5.60 Å². The first kappa shape index (κ1) is 32.1. The maximum Gasteiger partial charge on any atom is 0.317 e. The van der Waals surface area contributed by atoms with E-state index in [2.05, 4.69) is 10.6 Å². The van der Waals surface area contributed by atoms with Gasteiger partial charge in [-0.1, -0.05) is 30.3 Å². The van der Waals surface area contributed by atoms with Gasteiger partial charge in [-0.3, -0.25) is 0 Å². The fourth-order valence-electron chi connectivity index (χ4n) is 6.37. The molecular weight excluding hydrogens is 547 g/mol. The van der Waals surface area contributed by atoms with Gasteiger partial charge in [0, 0.05) is 63.7 Å². The lowest BCUT2D eigenvalue weighted by Gasteiger charge is -2.43. The van der Waals surface area contributed by atoms with E-state index in [-0.39, 0.29) is 49.0 Å². The van der Waals surface area contributed by atoms with Gasteiger partial charge in [0.2, 0.25) is 5.92 Å². The van der Waals surface area contributed by atoms with Crippen LogP contribution in [0.5, 0.6) is 11.5 Å². The van der Waals surface area contributed by atoms with Gasteiger partial charge in [0.15, 0.2) is 11.6 Å². The number of urea groups is 1. The maximum atomic E-state index is 15.3. The zero-order chi connectivity index (χ0) is 30.2. The van der Waals surface area contributed by atoms with Gasteiger partial charge in [-0.2, -0.15) is 0 Å². The quantitative estimate of drug-likeness (QED) is 0.233. The van der Waals surface area contributed by atoms with E-state index in [1.807, 2.05) is 6.07 Å². The Hall–Kier alpha value is -2.82. The Labute approximate surface area is 246 Å². The summed E-state index contributed by atoms with van der Waals surface area (Å²) >= 11 is 0. The first-order chi connectivity index (χ1) is 20.1. The highest BCUT2D eigenvalue weighted by molar-refractivity contribution is 5.74. The third-order valence-corrected chi connectivity index (χ3v) is 8.51. The smallest absolute Gasteiger partial charge is 0.317 e. The molecule has 2 fully saturated rings. The van der Waals surface area contributed by atoms with Crippen LogP contribution in [0.1, 0.15) is 56.9 Å². The standard InChI is InChI=1S/C32H44F3N3O4/c1-36-21-25(18-23-19-31(34,35)20-23)37-30(39)38-16-9-10-24(22-38)32(40,15-6-7-17-41-2)27-13-8-14-28(33)29(27)42-26-11-4-3-5-12-26/h3-5,8,11-14,23-25,36,40H,6-7,9-10,15-22H2,1-2H3,(H,37,39)/t24-,25+,32+/m1/s1. The van der Waals surface area contributed by atoms with Crippen LogP contribution >= 0.6 is 0 Å². The van der Waals surface area contributed by atoms with Crippen molar-refractivity contribution in [2.75, 3.05) is 40.4 Å². The number of hydrogen-bond donors (Lipinski definition) is 3. The Morgan fingerprint density at radius 2 is 1.93 bits per heavy atom. The van der Waals surface area contributed by atoms with Crippen LogP contribution in [0.4, 0.5) is 18.0 Å². The number of rotatable bonds is 14. The molecule has 2 aromatic rings. The van der Waals surface area contributed by atoms with Crippen LogP contribution in [0.2, 0.25) is 0 Å². The number of alkyl halides is 2. The molecule has 0 radical (unpaired) electrons. The van der Waals surface area contributed by atoms with Gasteiger partial charge in [0.25, 0.3) is 0 Å². The number of likely N-dealkylation sites (N-methyl/N-ethyl adjacent to an activating group) is 1. The number of unbranched alkanes of at least 4 members (excludes halogenated alkanes) is 1. The highest BCUT2D eigenvalue weighted by atomic mass is 19.3. The Bertz CT molecular complexity index is 1150. The van der Waals surface area contributed by atoms with E-state index < -0.39 is 17.3 Å². The number of aliphatic hydroxyl groups is 1. The molecule has 1 saturated carbocycles. The normalized spacial score (nSPS) is 20.8. The number of hydrogen-bond acceptors (Lipinski definition) is 5. The summed E-state index contributed by atoms with van der Waals surface area (Å²) < 4.78 is 53.3. The number of piperidine rings is 1. The van der Waals surface area contributed by atoms with Crippen molar-refractivity contribution < 1.29 is 32.5 Å². The van der Waals surface area contributed by atoms with Crippen molar-refractivity contribution in [1.82, 2.24) is 15.5 Å². The second-order valence-corrected chi connectivity index (χ2v) is 11.8. The Kier molecular flexibility index (Phi) is 11.1. The van der Waals surface area contributed by atoms with Gasteiger partial charge < -0.3 is 30.1 Å². The molecule has 3 atom stereocenters. The number of carbonyl (C=O) groups excluding carboxylic acids is 1. The molecule has 1 aliphatic heterocycles. The fourth-order valence-corrected chi connectivity index (χ4v) is 6.37. The Balaban J connectivity index is 1.54. The average Bonchev–Trinajstić information content (AvgIpc) is 2.96. The van der Waals surface area contributed by atoms with Crippen molar-refractivity contribution in [3.05, 3.63) is 59.9 Å². The van der Waals surface area contributed by atoms with Crippen molar-refractivity contribution in [2.24, 2.45) is 11.8 Å². The third kappa shape index (κ3) is 8.17. The van der Waals surface area contributed by atoms with Crippen molar-refractivity contribution >= 4 is 6.03 Å². The zero-order valence-electron chi connectivity index (χ0n) is 24.6. The van der Waals surface area contributed by atoms with Crippen LogP contribution in [-0.4, -0.2) is 68.4 Å². The largest absolute Gasteiger partial charge is 0.454 e. The van der Waals surface area contributed by atoms with Crippen LogP contribution in [0.15, 0.2) is 48.5 Å². The molecule has 1 saturated heterocycles. The minimum atomic E-state index is -2.60. The van der Waals surface area contributed by atoms with E-state index in [9.17, 15) is 18.7 Å². The van der Waals surface area contributed by atoms with E-state index >= 15 is 4.39 Å². The lowest BCUT2D eigenvalue weighted by atomic mass is 9.73. The molecule has 0 spiro atoms. The van der Waals surface area contributed by atoms with Crippen LogP contribution in [0.3, 0.4) is 0 Å². The van der Waals surface area contributed by atoms with E-state index in [0.717, 1.165) is 0 Å². The molecule has 4 rings (SSSR count). The molecule has 42 heavy (non-hydrogen) atoms. The summed E-state index contributed by atoms with van der Waals surface area (Å²) in [6.07, 6.45) is 3.17. The number of nitrogens with one attached hydrogen (secondary N) is 2. The molecule has 2 aromatic carbocycles. The van der Waals surface area contributed by atoms with Crippen LogP contribution < -0.4 is 15.4 Å². The van der Waals surface area contributed by atoms with Crippen LogP contribution in [-0.2, 0) is 10.3 Å². The number of methoxy groups -OCH3 is 1. The van der Waals surface area contributed by atoms with Gasteiger partial charge in [-0.05, 0) is 69.7 Å². The highest BCUT2D eigenvalue weighted by Crippen LogP contribution is 2.46. The maximum absolute atomic E-state index is 15.3. The second-order valence-electron chi connectivity index (χ2n) is 11.8. The molecule has 10 heteroatoms. The molecule has 232 valence electrons. The molecule has 0 aromatic heterocycles. The third-order valence-electron chi connectivity index (χ3n) is 8.51. The number of ether oxygens (including phenoxy) is 2. The SMILES string of the molecule is CNC[C@H](CC1CC(F)(F)C1)NC(=O)N1CCC[C@@H]([C@@](O)(CCCCOC)c2cccc(F)c2Oc2ccccc2)C1. The Morgan fingerprint density at radius 3 is 2.62 bits per heavy atom. The average molecular weight is 592 g/mol. The first-order valence-corrected chi connectivity index (χ1v) is 15.0. The summed E-state index contributed by atoms with van der Waals surface area (Å²) in [5, 5.41) is 18.5. The predicted octanol–water partition coefficient (Wildman–Crippen LogP) is 6.07. The molecule has 3 N–H and O–H groups in total.